The van der Waals surface area contributed by atoms with Crippen LogP contribution in [0.4, 0.5) is 5.69 Å². The molecule has 0 fully saturated rings. The van der Waals surface area contributed by atoms with Gasteiger partial charge in [0.1, 0.15) is 0 Å². The van der Waals surface area contributed by atoms with Gasteiger partial charge in [0.2, 0.25) is 0 Å². The zero-order valence-corrected chi connectivity index (χ0v) is 14.1. The van der Waals surface area contributed by atoms with Gasteiger partial charge < -0.3 is 5.32 Å². The number of nitrogens with one attached hydrogen (secondary N) is 1. The first-order valence-corrected chi connectivity index (χ1v) is 8.09. The van der Waals surface area contributed by atoms with Crippen molar-refractivity contribution in [2.24, 2.45) is 0 Å². The van der Waals surface area contributed by atoms with Crippen LogP contribution in [0.15, 0.2) is 66.7 Å². The molecule has 0 aliphatic heterocycles. The van der Waals surface area contributed by atoms with E-state index in [9.17, 15) is 0 Å². The minimum atomic E-state index is -0.0617. The third-order valence-electron chi connectivity index (χ3n) is 3.57. The molecule has 0 bridgehead atoms. The molecule has 0 spiro atoms. The highest BCUT2D eigenvalue weighted by Crippen LogP contribution is 2.30. The molecule has 0 aliphatic carbocycles. The quantitative estimate of drug-likeness (QED) is 0.638. The molecule has 1 atom stereocenters. The lowest BCUT2D eigenvalue weighted by Crippen LogP contribution is -2.14. The molecule has 4 heteroatoms. The van der Waals surface area contributed by atoms with E-state index >= 15 is 0 Å². The molecule has 2 nitrogen and oxygen atoms in total. The minimum absolute atomic E-state index is 0.0617. The van der Waals surface area contributed by atoms with Crippen LogP contribution in [-0.2, 0) is 0 Å². The molecule has 116 valence electrons. The Bertz CT molecular complexity index is 803. The summed E-state index contributed by atoms with van der Waals surface area (Å²) < 4.78 is 0. The lowest BCUT2D eigenvalue weighted by atomic mass is 10.0. The first kappa shape index (κ1) is 15.9. The largest absolute Gasteiger partial charge is 0.373 e. The van der Waals surface area contributed by atoms with Crippen LogP contribution in [0.3, 0.4) is 0 Å². The number of aryl methyl sites for hydroxylation is 1. The fourth-order valence-electron chi connectivity index (χ4n) is 2.45. The predicted molar refractivity (Wildman–Crippen MR) is 97.3 cm³/mol. The molecule has 0 aliphatic rings. The van der Waals surface area contributed by atoms with Gasteiger partial charge in [-0.15, -0.1) is 0 Å². The van der Waals surface area contributed by atoms with E-state index in [-0.39, 0.29) is 6.04 Å². The summed E-state index contributed by atoms with van der Waals surface area (Å²) in [6, 6.07) is 21.7. The SMILES string of the molecule is Cc1cccc(C(Nc2ccc(Cl)c(Cl)c2)c2ccccc2)n1. The number of anilines is 1. The number of hydrogen-bond donors (Lipinski definition) is 1. The second-order valence-corrected chi connectivity index (χ2v) is 6.14. The van der Waals surface area contributed by atoms with Gasteiger partial charge in [0.05, 0.1) is 21.8 Å². The van der Waals surface area contributed by atoms with Crippen LogP contribution >= 0.6 is 23.2 Å². The van der Waals surface area contributed by atoms with Crippen LogP contribution in [0.25, 0.3) is 0 Å². The number of pyridine rings is 1. The van der Waals surface area contributed by atoms with Gasteiger partial charge in [0.15, 0.2) is 0 Å². The number of benzene rings is 2. The normalized spacial score (nSPS) is 12.0. The van der Waals surface area contributed by atoms with Gasteiger partial charge >= 0.3 is 0 Å². The fourth-order valence-corrected chi connectivity index (χ4v) is 2.75. The molecule has 0 saturated carbocycles. The Hall–Kier alpha value is -2.03. The molecule has 0 amide bonds. The van der Waals surface area contributed by atoms with Crippen LogP contribution in [0.5, 0.6) is 0 Å². The summed E-state index contributed by atoms with van der Waals surface area (Å²) in [5.74, 6) is 0. The molecule has 1 aromatic heterocycles. The van der Waals surface area contributed by atoms with E-state index in [2.05, 4.69) is 22.4 Å². The Balaban J connectivity index is 2.00. The van der Waals surface area contributed by atoms with Crippen molar-refractivity contribution in [3.05, 3.63) is 93.7 Å². The van der Waals surface area contributed by atoms with Crippen LogP contribution in [0.2, 0.25) is 10.0 Å². The summed E-state index contributed by atoms with van der Waals surface area (Å²) in [5.41, 5.74) is 3.98. The molecule has 3 rings (SSSR count). The summed E-state index contributed by atoms with van der Waals surface area (Å²) >= 11 is 12.1. The first-order valence-electron chi connectivity index (χ1n) is 7.33. The molecule has 1 heterocycles. The maximum Gasteiger partial charge on any atom is 0.0940 e. The van der Waals surface area contributed by atoms with E-state index < -0.39 is 0 Å². The Morgan fingerprint density at radius 1 is 0.870 bits per heavy atom. The van der Waals surface area contributed by atoms with Crippen molar-refractivity contribution < 1.29 is 0 Å². The Kier molecular flexibility index (Phi) is 4.85. The van der Waals surface area contributed by atoms with Gasteiger partial charge in [-0.25, -0.2) is 0 Å². The number of aromatic nitrogens is 1. The van der Waals surface area contributed by atoms with E-state index in [1.54, 1.807) is 6.07 Å². The van der Waals surface area contributed by atoms with Crippen molar-refractivity contribution in [1.29, 1.82) is 0 Å². The summed E-state index contributed by atoms with van der Waals surface area (Å²) in [7, 11) is 0. The van der Waals surface area contributed by atoms with Crippen molar-refractivity contribution in [2.75, 3.05) is 5.32 Å². The Labute approximate surface area is 146 Å². The van der Waals surface area contributed by atoms with Gasteiger partial charge in [0.25, 0.3) is 0 Å². The maximum atomic E-state index is 6.13. The van der Waals surface area contributed by atoms with Gasteiger partial charge in [-0.3, -0.25) is 4.98 Å². The van der Waals surface area contributed by atoms with E-state index in [0.717, 1.165) is 22.6 Å². The lowest BCUT2D eigenvalue weighted by molar-refractivity contribution is 0.876. The Morgan fingerprint density at radius 2 is 1.65 bits per heavy atom. The molecule has 0 saturated heterocycles. The molecule has 1 unspecified atom stereocenters. The van der Waals surface area contributed by atoms with Crippen LogP contribution in [-0.4, -0.2) is 4.98 Å². The number of rotatable bonds is 4. The molecule has 23 heavy (non-hydrogen) atoms. The zero-order valence-electron chi connectivity index (χ0n) is 12.6. The topological polar surface area (TPSA) is 24.9 Å². The molecular weight excluding hydrogens is 327 g/mol. The molecule has 2 aromatic carbocycles. The van der Waals surface area contributed by atoms with E-state index in [0.29, 0.717) is 10.0 Å². The summed E-state index contributed by atoms with van der Waals surface area (Å²) in [6.45, 7) is 1.99. The van der Waals surface area contributed by atoms with E-state index in [1.807, 2.05) is 55.5 Å². The minimum Gasteiger partial charge on any atom is -0.373 e. The second kappa shape index (κ2) is 7.03. The average molecular weight is 343 g/mol. The number of halogens is 2. The molecule has 3 aromatic rings. The molecule has 0 radical (unpaired) electrons. The van der Waals surface area contributed by atoms with E-state index in [4.69, 9.17) is 23.2 Å². The lowest BCUT2D eigenvalue weighted by Gasteiger charge is -2.21. The molecule has 1 N–H and O–H groups in total. The summed E-state index contributed by atoms with van der Waals surface area (Å²) in [4.78, 5) is 4.66. The summed E-state index contributed by atoms with van der Waals surface area (Å²) in [5, 5.41) is 4.57. The highest BCUT2D eigenvalue weighted by molar-refractivity contribution is 6.42. The van der Waals surface area contributed by atoms with Crippen molar-refractivity contribution in [3.8, 4) is 0 Å². The Morgan fingerprint density at radius 3 is 2.35 bits per heavy atom. The average Bonchev–Trinajstić information content (AvgIpc) is 2.56. The smallest absolute Gasteiger partial charge is 0.0940 e. The van der Waals surface area contributed by atoms with Gasteiger partial charge in [-0.2, -0.15) is 0 Å². The monoisotopic (exact) mass is 342 g/mol. The van der Waals surface area contributed by atoms with Gasteiger partial charge in [-0.05, 0) is 42.8 Å². The van der Waals surface area contributed by atoms with E-state index in [1.165, 1.54) is 0 Å². The van der Waals surface area contributed by atoms with Crippen molar-refractivity contribution in [1.82, 2.24) is 4.98 Å². The van der Waals surface area contributed by atoms with Crippen molar-refractivity contribution >= 4 is 28.9 Å². The molecular formula is C19H16Cl2N2. The predicted octanol–water partition coefficient (Wildman–Crippen LogP) is 5.90. The number of hydrogen-bond acceptors (Lipinski definition) is 2. The van der Waals surface area contributed by atoms with Crippen LogP contribution in [0.1, 0.15) is 23.0 Å². The van der Waals surface area contributed by atoms with Crippen molar-refractivity contribution in [2.45, 2.75) is 13.0 Å². The fraction of sp³-hybridized carbons (Fsp3) is 0.105. The third kappa shape index (κ3) is 3.84. The van der Waals surface area contributed by atoms with Crippen molar-refractivity contribution in [3.63, 3.8) is 0 Å². The summed E-state index contributed by atoms with van der Waals surface area (Å²) in [6.07, 6.45) is 0. The standard InChI is InChI=1S/C19H16Cl2N2/c1-13-6-5-9-18(22-13)19(14-7-3-2-4-8-14)23-15-10-11-16(20)17(21)12-15/h2-12,19,23H,1H3. The zero-order chi connectivity index (χ0) is 16.2. The van der Waals surface area contributed by atoms with Gasteiger partial charge in [0, 0.05) is 11.4 Å². The van der Waals surface area contributed by atoms with Crippen LogP contribution < -0.4 is 5.32 Å². The maximum absolute atomic E-state index is 6.13. The highest BCUT2D eigenvalue weighted by atomic mass is 35.5. The first-order chi connectivity index (χ1) is 11.1. The highest BCUT2D eigenvalue weighted by Gasteiger charge is 2.16. The number of nitrogens with zero attached hydrogens (tertiary/aromatic N) is 1. The van der Waals surface area contributed by atoms with Gasteiger partial charge in [-0.1, -0.05) is 59.6 Å². The van der Waals surface area contributed by atoms with Crippen LogP contribution in [0, 0.1) is 6.92 Å². The third-order valence-corrected chi connectivity index (χ3v) is 4.31. The second-order valence-electron chi connectivity index (χ2n) is 5.32.